The first kappa shape index (κ1) is 26.7. The van der Waals surface area contributed by atoms with Crippen LogP contribution >= 0.6 is 11.6 Å². The van der Waals surface area contributed by atoms with E-state index in [9.17, 15) is 13.6 Å². The number of carbonyl (C=O) groups excluding carboxylic acids is 1. The zero-order valence-corrected chi connectivity index (χ0v) is 21.2. The third-order valence-corrected chi connectivity index (χ3v) is 6.22. The maximum atomic E-state index is 14.1. The molecule has 3 aromatic rings. The van der Waals surface area contributed by atoms with E-state index in [1.165, 1.54) is 11.7 Å². The number of piperidine rings is 1. The molecule has 2 aliphatic rings. The van der Waals surface area contributed by atoms with Gasteiger partial charge in [0.25, 0.3) is 6.43 Å². The number of imidazole rings is 1. The van der Waals surface area contributed by atoms with E-state index in [-0.39, 0.29) is 11.8 Å². The molecule has 2 N–H and O–H groups in total. The Kier molecular flexibility index (Phi) is 8.87. The van der Waals surface area contributed by atoms with Gasteiger partial charge >= 0.3 is 0 Å². The van der Waals surface area contributed by atoms with Gasteiger partial charge in [-0.2, -0.15) is 15.0 Å². The largest absolute Gasteiger partial charge is 0.494 e. The summed E-state index contributed by atoms with van der Waals surface area (Å²) >= 11 is 4.86. The summed E-state index contributed by atoms with van der Waals surface area (Å²) < 4.78 is 40.2. The number of amides is 1. The third-order valence-electron chi connectivity index (χ3n) is 5.95. The lowest BCUT2D eigenvalue weighted by atomic mass is 10.1. The summed E-state index contributed by atoms with van der Waals surface area (Å²) in [5.74, 6) is 0.528. The number of ether oxygens (including phenoxy) is 2. The number of fused-ring (bicyclic) bond motifs is 1. The minimum atomic E-state index is -2.81. The fourth-order valence-corrected chi connectivity index (χ4v) is 4.20. The van der Waals surface area contributed by atoms with Crippen LogP contribution in [0.2, 0.25) is 0 Å². The van der Waals surface area contributed by atoms with Gasteiger partial charge in [0.15, 0.2) is 5.82 Å². The Morgan fingerprint density at radius 3 is 2.19 bits per heavy atom. The van der Waals surface area contributed by atoms with E-state index >= 15 is 0 Å². The first-order valence-corrected chi connectivity index (χ1v) is 12.5. The second kappa shape index (κ2) is 12.3. The molecule has 2 aromatic heterocycles. The second-order valence-corrected chi connectivity index (χ2v) is 8.68. The summed E-state index contributed by atoms with van der Waals surface area (Å²) in [6.45, 7) is 4.03. The van der Waals surface area contributed by atoms with Crippen molar-refractivity contribution in [1.29, 1.82) is 0 Å². The molecule has 2 aliphatic heterocycles. The number of anilines is 2. The monoisotopic (exact) mass is 538 g/mol. The van der Waals surface area contributed by atoms with Gasteiger partial charge in [-0.25, -0.2) is 13.8 Å². The van der Waals surface area contributed by atoms with E-state index in [1.54, 1.807) is 18.2 Å². The summed E-state index contributed by atoms with van der Waals surface area (Å²) in [6, 6.07) is 5.15. The summed E-state index contributed by atoms with van der Waals surface area (Å²) in [4.78, 5) is 31.7. The fourth-order valence-electron chi connectivity index (χ4n) is 4.20. The zero-order chi connectivity index (χ0) is 26.4. The number of carbonyl (C=O) groups is 1. The molecule has 2 saturated heterocycles. The number of para-hydroxylation sites is 1. The first-order valence-electron chi connectivity index (χ1n) is 11.9. The number of methoxy groups -OCH3 is 1. The van der Waals surface area contributed by atoms with Gasteiger partial charge < -0.3 is 25.0 Å². The lowest BCUT2D eigenvalue weighted by Crippen LogP contribution is -2.38. The molecule has 0 unspecified atom stereocenters. The van der Waals surface area contributed by atoms with Crippen LogP contribution in [0.4, 0.5) is 20.7 Å². The summed E-state index contributed by atoms with van der Waals surface area (Å²) in [6.07, 6.45) is 0.434. The number of benzene rings is 1. The normalized spacial score (nSPS) is 16.0. The van der Waals surface area contributed by atoms with Crippen LogP contribution in [-0.4, -0.2) is 82.8 Å². The molecule has 0 bridgehead atoms. The van der Waals surface area contributed by atoms with E-state index in [1.807, 2.05) is 4.90 Å². The molecule has 1 aromatic carbocycles. The van der Waals surface area contributed by atoms with E-state index in [0.29, 0.717) is 55.0 Å². The van der Waals surface area contributed by atoms with E-state index in [0.717, 1.165) is 32.4 Å². The van der Waals surface area contributed by atoms with E-state index < -0.39 is 18.2 Å². The third kappa shape index (κ3) is 6.16. The Morgan fingerprint density at radius 1 is 1.03 bits per heavy atom. The maximum Gasteiger partial charge on any atom is 0.296 e. The second-order valence-electron chi connectivity index (χ2n) is 8.42. The number of rotatable bonds is 6. The smallest absolute Gasteiger partial charge is 0.296 e. The molecule has 0 aliphatic carbocycles. The Labute approximate surface area is 217 Å². The Bertz CT molecular complexity index is 1180. The van der Waals surface area contributed by atoms with E-state index in [2.05, 4.69) is 25.6 Å². The number of hydrogen-bond acceptors (Lipinski definition) is 9. The Balaban J connectivity index is 0.000000586. The molecule has 1 amide bonds. The number of morpholine rings is 1. The molecule has 2 fully saturated rings. The number of aromatic nitrogens is 5. The van der Waals surface area contributed by atoms with Crippen LogP contribution < -0.4 is 20.3 Å². The molecule has 5 rings (SSSR count). The first-order chi connectivity index (χ1) is 17.9. The molecule has 0 radical (unpaired) electrons. The number of nitrogens with two attached hydrogens (primary N) is 1. The van der Waals surface area contributed by atoms with Crippen molar-refractivity contribution in [3.63, 3.8) is 0 Å². The van der Waals surface area contributed by atoms with Crippen molar-refractivity contribution in [3.8, 4) is 11.7 Å². The molecule has 11 nitrogen and oxygen atoms in total. The molecule has 0 saturated carbocycles. The zero-order valence-electron chi connectivity index (χ0n) is 20.4. The lowest BCUT2D eigenvalue weighted by molar-refractivity contribution is -0.115. The van der Waals surface area contributed by atoms with Crippen LogP contribution in [-0.2, 0) is 9.53 Å². The molecular formula is C23H29ClF2N8O3. The Morgan fingerprint density at radius 2 is 1.62 bits per heavy atom. The maximum absolute atomic E-state index is 14.1. The van der Waals surface area contributed by atoms with Crippen molar-refractivity contribution in [3.05, 3.63) is 24.0 Å². The molecule has 4 heterocycles. The average Bonchev–Trinajstić information content (AvgIpc) is 3.34. The van der Waals surface area contributed by atoms with Crippen LogP contribution in [0.15, 0.2) is 18.2 Å². The predicted octanol–water partition coefficient (Wildman–Crippen LogP) is 2.69. The van der Waals surface area contributed by atoms with Crippen LogP contribution in [0.1, 0.15) is 31.5 Å². The minimum absolute atomic E-state index is 0.0833. The van der Waals surface area contributed by atoms with E-state index in [4.69, 9.17) is 26.1 Å². The van der Waals surface area contributed by atoms with Gasteiger partial charge in [-0.05, 0) is 31.4 Å². The average molecular weight is 539 g/mol. The number of nitrogens with zero attached hydrogens (tertiary/aromatic N) is 7. The highest BCUT2D eigenvalue weighted by atomic mass is 35.5. The van der Waals surface area contributed by atoms with Crippen molar-refractivity contribution < 1.29 is 23.0 Å². The molecule has 0 atom stereocenters. The quantitative estimate of drug-likeness (QED) is 0.471. The van der Waals surface area contributed by atoms with Crippen molar-refractivity contribution in [2.45, 2.75) is 25.7 Å². The Hall–Kier alpha value is -3.32. The van der Waals surface area contributed by atoms with Gasteiger partial charge in [-0.1, -0.05) is 6.07 Å². The molecule has 37 heavy (non-hydrogen) atoms. The van der Waals surface area contributed by atoms with Gasteiger partial charge in [0.1, 0.15) is 17.1 Å². The SMILES string of the molecule is COc1cccc2c1nc(C(F)F)n2-c1nc(N2CCCCC2)nc(N2CCOCC2)n1.NC(=O)CCl. The predicted molar refractivity (Wildman–Crippen MR) is 135 cm³/mol. The highest BCUT2D eigenvalue weighted by molar-refractivity contribution is 6.27. The standard InChI is InChI=1S/C21H25F2N7O2.C2H4ClNO/c1-31-15-7-5-6-14-16(15)24-18(17(22)23)30(14)21-26-19(28-8-3-2-4-9-28)25-20(27-21)29-10-12-32-13-11-29;3-1-2(4)5/h5-7,17H,2-4,8-13H2,1H3;1H2,(H2,4,5). The molecule has 0 spiro atoms. The van der Waals surface area contributed by atoms with Gasteiger partial charge in [0.05, 0.1) is 25.8 Å². The highest BCUT2D eigenvalue weighted by Crippen LogP contribution is 2.32. The van der Waals surface area contributed by atoms with Crippen LogP contribution in [0, 0.1) is 0 Å². The molecule has 200 valence electrons. The summed E-state index contributed by atoms with van der Waals surface area (Å²) in [7, 11) is 1.49. The van der Waals surface area contributed by atoms with Crippen LogP contribution in [0.5, 0.6) is 5.75 Å². The van der Waals surface area contributed by atoms with Crippen LogP contribution in [0.3, 0.4) is 0 Å². The number of halogens is 3. The van der Waals surface area contributed by atoms with Crippen molar-refractivity contribution >= 4 is 40.4 Å². The van der Waals surface area contributed by atoms with Gasteiger partial charge in [0.2, 0.25) is 23.8 Å². The van der Waals surface area contributed by atoms with Gasteiger partial charge in [0, 0.05) is 26.2 Å². The molecule has 14 heteroatoms. The summed E-state index contributed by atoms with van der Waals surface area (Å²) in [5.41, 5.74) is 5.33. The number of primary amides is 1. The molecular weight excluding hydrogens is 510 g/mol. The minimum Gasteiger partial charge on any atom is -0.494 e. The fraction of sp³-hybridized carbons (Fsp3) is 0.522. The topological polar surface area (TPSA) is 125 Å². The van der Waals surface area contributed by atoms with Crippen molar-refractivity contribution in [2.75, 3.05) is 62.2 Å². The highest BCUT2D eigenvalue weighted by Gasteiger charge is 2.27. The van der Waals surface area contributed by atoms with Gasteiger partial charge in [-0.15, -0.1) is 11.6 Å². The summed E-state index contributed by atoms with van der Waals surface area (Å²) in [5, 5.41) is 0. The van der Waals surface area contributed by atoms with Crippen molar-refractivity contribution in [2.24, 2.45) is 5.73 Å². The number of hydrogen-bond donors (Lipinski definition) is 1. The van der Waals surface area contributed by atoms with Crippen LogP contribution in [0.25, 0.3) is 17.0 Å². The van der Waals surface area contributed by atoms with Gasteiger partial charge in [-0.3, -0.25) is 9.36 Å². The lowest BCUT2D eigenvalue weighted by Gasteiger charge is -2.30. The number of alkyl halides is 3. The van der Waals surface area contributed by atoms with Crippen molar-refractivity contribution in [1.82, 2.24) is 24.5 Å².